The molecule has 6 heteroatoms. The fourth-order valence-corrected chi connectivity index (χ4v) is 4.33. The lowest BCUT2D eigenvalue weighted by molar-refractivity contribution is 0.127. The summed E-state index contributed by atoms with van der Waals surface area (Å²) < 4.78 is 31.8. The molecule has 0 bridgehead atoms. The minimum atomic E-state index is -3.19. The zero-order valence-corrected chi connectivity index (χ0v) is 13.1. The van der Waals surface area contributed by atoms with Crippen molar-refractivity contribution >= 4 is 10.0 Å². The molecule has 1 atom stereocenters. The SMILES string of the molecule is O=S(=O)(CC1CCCO1)NCCNC1CCCCCC1. The number of ether oxygens (including phenoxy) is 1. The molecule has 2 aliphatic rings. The van der Waals surface area contributed by atoms with E-state index in [2.05, 4.69) is 10.0 Å². The Bertz CT molecular complexity index is 359. The first kappa shape index (κ1) is 16.2. The van der Waals surface area contributed by atoms with Crippen LogP contribution in [0.15, 0.2) is 0 Å². The van der Waals surface area contributed by atoms with Crippen LogP contribution in [0.25, 0.3) is 0 Å². The fourth-order valence-electron chi connectivity index (χ4n) is 3.05. The summed E-state index contributed by atoms with van der Waals surface area (Å²) in [7, 11) is -3.19. The molecular weight excluding hydrogens is 276 g/mol. The summed E-state index contributed by atoms with van der Waals surface area (Å²) in [5.74, 6) is 0.108. The summed E-state index contributed by atoms with van der Waals surface area (Å²) in [6.07, 6.45) is 9.45. The van der Waals surface area contributed by atoms with Crippen LogP contribution in [0.2, 0.25) is 0 Å². The third-order valence-corrected chi connectivity index (χ3v) is 5.62. The molecular formula is C14H28N2O3S. The highest BCUT2D eigenvalue weighted by Crippen LogP contribution is 2.17. The molecule has 2 fully saturated rings. The van der Waals surface area contributed by atoms with Gasteiger partial charge < -0.3 is 10.1 Å². The van der Waals surface area contributed by atoms with E-state index in [1.54, 1.807) is 0 Å². The molecule has 0 aromatic heterocycles. The van der Waals surface area contributed by atoms with Crippen molar-refractivity contribution in [3.05, 3.63) is 0 Å². The molecule has 0 aromatic rings. The highest BCUT2D eigenvalue weighted by Gasteiger charge is 2.22. The maximum atomic E-state index is 11.9. The third kappa shape index (κ3) is 6.08. The van der Waals surface area contributed by atoms with Gasteiger partial charge >= 0.3 is 0 Å². The van der Waals surface area contributed by atoms with E-state index >= 15 is 0 Å². The van der Waals surface area contributed by atoms with Crippen LogP contribution < -0.4 is 10.0 Å². The zero-order chi connectivity index (χ0) is 14.3. The monoisotopic (exact) mass is 304 g/mol. The molecule has 2 rings (SSSR count). The number of hydrogen-bond donors (Lipinski definition) is 2. The van der Waals surface area contributed by atoms with Crippen LogP contribution in [0.4, 0.5) is 0 Å². The lowest BCUT2D eigenvalue weighted by Crippen LogP contribution is -2.39. The molecule has 0 amide bonds. The van der Waals surface area contributed by atoms with Crippen LogP contribution in [-0.4, -0.2) is 46.0 Å². The van der Waals surface area contributed by atoms with Crippen molar-refractivity contribution in [2.75, 3.05) is 25.4 Å². The zero-order valence-electron chi connectivity index (χ0n) is 12.3. The molecule has 0 radical (unpaired) electrons. The van der Waals surface area contributed by atoms with Crippen molar-refractivity contribution in [3.8, 4) is 0 Å². The molecule has 0 spiro atoms. The Morgan fingerprint density at radius 2 is 1.70 bits per heavy atom. The van der Waals surface area contributed by atoms with Crippen molar-refractivity contribution < 1.29 is 13.2 Å². The standard InChI is InChI=1S/C14H28N2O3S/c17-20(18,12-14-8-5-11-19-14)16-10-9-15-13-6-3-1-2-4-7-13/h13-16H,1-12H2. The van der Waals surface area contributed by atoms with Crippen LogP contribution >= 0.6 is 0 Å². The second kappa shape index (κ2) is 8.32. The molecule has 0 aromatic carbocycles. The average molecular weight is 304 g/mol. The first-order chi connectivity index (χ1) is 9.66. The van der Waals surface area contributed by atoms with Gasteiger partial charge in [-0.1, -0.05) is 25.7 Å². The Balaban J connectivity index is 1.59. The maximum absolute atomic E-state index is 11.9. The van der Waals surface area contributed by atoms with Crippen molar-refractivity contribution in [1.29, 1.82) is 0 Å². The first-order valence-electron chi connectivity index (χ1n) is 7.98. The quantitative estimate of drug-likeness (QED) is 0.551. The molecule has 1 unspecified atom stereocenters. The summed E-state index contributed by atoms with van der Waals surface area (Å²) in [5, 5.41) is 3.47. The van der Waals surface area contributed by atoms with Gasteiger partial charge in [0.1, 0.15) is 0 Å². The Kier molecular flexibility index (Phi) is 6.74. The van der Waals surface area contributed by atoms with E-state index in [4.69, 9.17) is 4.74 Å². The van der Waals surface area contributed by atoms with Crippen LogP contribution in [0.5, 0.6) is 0 Å². The van der Waals surface area contributed by atoms with Gasteiger partial charge in [0.25, 0.3) is 0 Å². The Morgan fingerprint density at radius 3 is 2.35 bits per heavy atom. The molecule has 1 saturated heterocycles. The van der Waals surface area contributed by atoms with Gasteiger partial charge in [0.05, 0.1) is 11.9 Å². The Labute approximate surface area is 122 Å². The van der Waals surface area contributed by atoms with Crippen LogP contribution in [0.3, 0.4) is 0 Å². The normalized spacial score (nSPS) is 25.7. The molecule has 5 nitrogen and oxygen atoms in total. The van der Waals surface area contributed by atoms with E-state index in [1.807, 2.05) is 0 Å². The van der Waals surface area contributed by atoms with Crippen LogP contribution in [-0.2, 0) is 14.8 Å². The molecule has 1 saturated carbocycles. The van der Waals surface area contributed by atoms with Gasteiger partial charge in [0.15, 0.2) is 0 Å². The lowest BCUT2D eigenvalue weighted by atomic mass is 10.1. The van der Waals surface area contributed by atoms with Gasteiger partial charge in [-0.2, -0.15) is 0 Å². The van der Waals surface area contributed by atoms with Crippen LogP contribution in [0, 0.1) is 0 Å². The average Bonchev–Trinajstić information content (AvgIpc) is 2.76. The molecule has 20 heavy (non-hydrogen) atoms. The predicted molar refractivity (Wildman–Crippen MR) is 80.3 cm³/mol. The van der Waals surface area contributed by atoms with Crippen molar-refractivity contribution in [2.24, 2.45) is 0 Å². The summed E-state index contributed by atoms with van der Waals surface area (Å²) in [6.45, 7) is 1.89. The van der Waals surface area contributed by atoms with Gasteiger partial charge in [-0.05, 0) is 25.7 Å². The number of nitrogens with one attached hydrogen (secondary N) is 2. The van der Waals surface area contributed by atoms with Gasteiger partial charge in [-0.3, -0.25) is 0 Å². The first-order valence-corrected chi connectivity index (χ1v) is 9.63. The highest BCUT2D eigenvalue weighted by atomic mass is 32.2. The van der Waals surface area contributed by atoms with Gasteiger partial charge in [-0.15, -0.1) is 0 Å². The van der Waals surface area contributed by atoms with Crippen molar-refractivity contribution in [1.82, 2.24) is 10.0 Å². The summed E-state index contributed by atoms with van der Waals surface area (Å²) in [6, 6.07) is 0.570. The summed E-state index contributed by atoms with van der Waals surface area (Å²) in [4.78, 5) is 0. The largest absolute Gasteiger partial charge is 0.377 e. The summed E-state index contributed by atoms with van der Waals surface area (Å²) >= 11 is 0. The number of sulfonamides is 1. The predicted octanol–water partition coefficient (Wildman–Crippen LogP) is 1.40. The van der Waals surface area contributed by atoms with Crippen LogP contribution in [0.1, 0.15) is 51.4 Å². The second-order valence-corrected chi connectivity index (χ2v) is 7.80. The molecule has 118 valence electrons. The van der Waals surface area contributed by atoms with E-state index in [1.165, 1.54) is 38.5 Å². The van der Waals surface area contributed by atoms with E-state index in [-0.39, 0.29) is 11.9 Å². The van der Waals surface area contributed by atoms with Crippen molar-refractivity contribution in [3.63, 3.8) is 0 Å². The lowest BCUT2D eigenvalue weighted by Gasteiger charge is -2.16. The topological polar surface area (TPSA) is 67.4 Å². The molecule has 1 aliphatic carbocycles. The van der Waals surface area contributed by atoms with E-state index < -0.39 is 10.0 Å². The van der Waals surface area contributed by atoms with Gasteiger partial charge in [0.2, 0.25) is 10.0 Å². The smallest absolute Gasteiger partial charge is 0.214 e. The minimum absolute atomic E-state index is 0.108. The Morgan fingerprint density at radius 1 is 0.950 bits per heavy atom. The van der Waals surface area contributed by atoms with E-state index in [0.717, 1.165) is 19.4 Å². The maximum Gasteiger partial charge on any atom is 0.214 e. The van der Waals surface area contributed by atoms with Gasteiger partial charge in [0, 0.05) is 25.7 Å². The molecule has 2 N–H and O–H groups in total. The molecule has 1 aliphatic heterocycles. The van der Waals surface area contributed by atoms with E-state index in [0.29, 0.717) is 19.2 Å². The third-order valence-electron chi connectivity index (χ3n) is 4.16. The molecule has 1 heterocycles. The highest BCUT2D eigenvalue weighted by molar-refractivity contribution is 7.89. The fraction of sp³-hybridized carbons (Fsp3) is 1.00. The Hall–Kier alpha value is -0.170. The van der Waals surface area contributed by atoms with Gasteiger partial charge in [-0.25, -0.2) is 13.1 Å². The minimum Gasteiger partial charge on any atom is -0.377 e. The number of hydrogen-bond acceptors (Lipinski definition) is 4. The van der Waals surface area contributed by atoms with Crippen molar-refractivity contribution in [2.45, 2.75) is 63.5 Å². The van der Waals surface area contributed by atoms with E-state index in [9.17, 15) is 8.42 Å². The number of rotatable bonds is 7. The second-order valence-electron chi connectivity index (χ2n) is 5.95. The summed E-state index contributed by atoms with van der Waals surface area (Å²) in [5.41, 5.74) is 0.